The largest absolute Gasteiger partial charge is 0.305 e. The fourth-order valence-corrected chi connectivity index (χ4v) is 2.62. The van der Waals surface area contributed by atoms with E-state index in [1.165, 1.54) is 10.9 Å². The van der Waals surface area contributed by atoms with Crippen LogP contribution < -0.4 is 5.32 Å². The third kappa shape index (κ3) is 3.53. The lowest BCUT2D eigenvalue weighted by molar-refractivity contribution is 0.568. The minimum Gasteiger partial charge on any atom is -0.305 e. The summed E-state index contributed by atoms with van der Waals surface area (Å²) < 4.78 is 13.1. The summed E-state index contributed by atoms with van der Waals surface area (Å²) in [6, 6.07) is 8.71. The zero-order chi connectivity index (χ0) is 12.3. The van der Waals surface area contributed by atoms with Crippen LogP contribution in [0.5, 0.6) is 0 Å². The molecule has 0 saturated heterocycles. The molecule has 0 aliphatic carbocycles. The quantitative estimate of drug-likeness (QED) is 0.868. The molecule has 0 fully saturated rings. The van der Waals surface area contributed by atoms with Gasteiger partial charge in [-0.1, -0.05) is 23.7 Å². The van der Waals surface area contributed by atoms with Gasteiger partial charge in [-0.05, 0) is 30.7 Å². The van der Waals surface area contributed by atoms with E-state index in [-0.39, 0.29) is 11.9 Å². The fourth-order valence-electron chi connectivity index (χ4n) is 1.59. The van der Waals surface area contributed by atoms with Crippen molar-refractivity contribution >= 4 is 22.9 Å². The number of hydrogen-bond acceptors (Lipinski definition) is 2. The Morgan fingerprint density at radius 3 is 2.88 bits per heavy atom. The van der Waals surface area contributed by atoms with Crippen LogP contribution >= 0.6 is 22.9 Å². The van der Waals surface area contributed by atoms with Crippen molar-refractivity contribution in [2.24, 2.45) is 0 Å². The Labute approximate surface area is 109 Å². The molecule has 17 heavy (non-hydrogen) atoms. The molecule has 1 aromatic carbocycles. The van der Waals surface area contributed by atoms with Crippen LogP contribution in [0.3, 0.4) is 0 Å². The van der Waals surface area contributed by atoms with Crippen LogP contribution in [0, 0.1) is 5.82 Å². The Morgan fingerprint density at radius 1 is 1.41 bits per heavy atom. The predicted molar refractivity (Wildman–Crippen MR) is 71.0 cm³/mol. The molecule has 1 atom stereocenters. The predicted octanol–water partition coefficient (Wildman–Crippen LogP) is 4.39. The van der Waals surface area contributed by atoms with E-state index in [9.17, 15) is 4.39 Å². The second-order valence-corrected chi connectivity index (χ2v) is 5.32. The number of hydrogen-bond donors (Lipinski definition) is 1. The van der Waals surface area contributed by atoms with Gasteiger partial charge in [0.25, 0.3) is 0 Å². The van der Waals surface area contributed by atoms with Gasteiger partial charge in [0, 0.05) is 22.8 Å². The van der Waals surface area contributed by atoms with E-state index in [1.54, 1.807) is 23.5 Å². The summed E-state index contributed by atoms with van der Waals surface area (Å²) in [5, 5.41) is 6.02. The third-order valence-corrected chi connectivity index (χ3v) is 3.84. The topological polar surface area (TPSA) is 12.0 Å². The highest BCUT2D eigenvalue weighted by Crippen LogP contribution is 2.20. The highest BCUT2D eigenvalue weighted by atomic mass is 35.5. The van der Waals surface area contributed by atoms with E-state index in [4.69, 9.17) is 11.6 Å². The molecule has 90 valence electrons. The van der Waals surface area contributed by atoms with Crippen LogP contribution in [0.2, 0.25) is 5.02 Å². The zero-order valence-electron chi connectivity index (χ0n) is 9.41. The van der Waals surface area contributed by atoms with E-state index >= 15 is 0 Å². The van der Waals surface area contributed by atoms with Gasteiger partial charge < -0.3 is 5.32 Å². The molecule has 0 amide bonds. The molecule has 1 aromatic heterocycles. The molecule has 0 radical (unpaired) electrons. The Kier molecular flexibility index (Phi) is 4.15. The SMILES string of the molecule is CC(NCc1cc(Cl)cs1)c1cccc(F)c1. The first-order valence-electron chi connectivity index (χ1n) is 5.37. The summed E-state index contributed by atoms with van der Waals surface area (Å²) in [6.45, 7) is 2.76. The maximum Gasteiger partial charge on any atom is 0.123 e. The zero-order valence-corrected chi connectivity index (χ0v) is 11.0. The lowest BCUT2D eigenvalue weighted by atomic mass is 10.1. The van der Waals surface area contributed by atoms with Gasteiger partial charge in [0.1, 0.15) is 5.82 Å². The highest BCUT2D eigenvalue weighted by Gasteiger charge is 2.06. The molecule has 2 rings (SSSR count). The van der Waals surface area contributed by atoms with Crippen molar-refractivity contribution in [1.82, 2.24) is 5.32 Å². The van der Waals surface area contributed by atoms with Gasteiger partial charge in [0.05, 0.1) is 5.02 Å². The lowest BCUT2D eigenvalue weighted by Crippen LogP contribution is -2.17. The van der Waals surface area contributed by atoms with Crippen molar-refractivity contribution < 1.29 is 4.39 Å². The summed E-state index contributed by atoms with van der Waals surface area (Å²) in [5.74, 6) is -0.199. The fraction of sp³-hybridized carbons (Fsp3) is 0.231. The van der Waals surface area contributed by atoms with Gasteiger partial charge in [-0.25, -0.2) is 4.39 Å². The summed E-state index contributed by atoms with van der Waals surface area (Å²) in [7, 11) is 0. The van der Waals surface area contributed by atoms with Gasteiger partial charge in [0.15, 0.2) is 0 Å². The standard InChI is InChI=1S/C13H13ClFNS/c1-9(10-3-2-4-12(15)5-10)16-7-13-6-11(14)8-17-13/h2-6,8-9,16H,7H2,1H3. The molecule has 1 nitrogen and oxygen atoms in total. The van der Waals surface area contributed by atoms with Gasteiger partial charge >= 0.3 is 0 Å². The second-order valence-electron chi connectivity index (χ2n) is 3.89. The number of rotatable bonds is 4. The lowest BCUT2D eigenvalue weighted by Gasteiger charge is -2.13. The van der Waals surface area contributed by atoms with Gasteiger partial charge in [0.2, 0.25) is 0 Å². The van der Waals surface area contributed by atoms with E-state index in [2.05, 4.69) is 5.32 Å². The van der Waals surface area contributed by atoms with Crippen LogP contribution in [0.1, 0.15) is 23.4 Å². The first-order valence-corrected chi connectivity index (χ1v) is 6.62. The van der Waals surface area contributed by atoms with Crippen LogP contribution in [-0.4, -0.2) is 0 Å². The first-order chi connectivity index (χ1) is 8.15. The molecule has 2 aromatic rings. The molecule has 0 aliphatic rings. The monoisotopic (exact) mass is 269 g/mol. The molecule has 0 bridgehead atoms. The molecule has 1 N–H and O–H groups in total. The van der Waals surface area contributed by atoms with Crippen molar-refractivity contribution in [3.8, 4) is 0 Å². The average molecular weight is 270 g/mol. The van der Waals surface area contributed by atoms with E-state index in [1.807, 2.05) is 24.4 Å². The van der Waals surface area contributed by atoms with Gasteiger partial charge in [-0.15, -0.1) is 11.3 Å². The number of thiophene rings is 1. The average Bonchev–Trinajstić information content (AvgIpc) is 2.72. The van der Waals surface area contributed by atoms with Crippen molar-refractivity contribution in [2.75, 3.05) is 0 Å². The minimum atomic E-state index is -0.199. The van der Waals surface area contributed by atoms with Crippen molar-refractivity contribution in [3.63, 3.8) is 0 Å². The first kappa shape index (κ1) is 12.6. The second kappa shape index (κ2) is 5.63. The van der Waals surface area contributed by atoms with Crippen LogP contribution in [0.15, 0.2) is 35.7 Å². The molecular formula is C13H13ClFNS. The molecule has 4 heteroatoms. The Bertz CT molecular complexity index is 498. The van der Waals surface area contributed by atoms with Crippen LogP contribution in [0.25, 0.3) is 0 Å². The number of halogens is 2. The van der Waals surface area contributed by atoms with E-state index in [0.717, 1.165) is 17.1 Å². The molecule has 0 aliphatic heterocycles. The number of nitrogens with one attached hydrogen (secondary N) is 1. The summed E-state index contributed by atoms with van der Waals surface area (Å²) >= 11 is 7.47. The Balaban J connectivity index is 1.95. The number of benzene rings is 1. The molecule has 1 unspecified atom stereocenters. The summed E-state index contributed by atoms with van der Waals surface area (Å²) in [5.41, 5.74) is 0.952. The van der Waals surface area contributed by atoms with E-state index in [0.29, 0.717) is 0 Å². The van der Waals surface area contributed by atoms with E-state index < -0.39 is 0 Å². The van der Waals surface area contributed by atoms with Crippen molar-refractivity contribution in [3.05, 3.63) is 57.0 Å². The highest BCUT2D eigenvalue weighted by molar-refractivity contribution is 7.10. The maximum absolute atomic E-state index is 13.1. The van der Waals surface area contributed by atoms with Crippen molar-refractivity contribution in [1.29, 1.82) is 0 Å². The minimum absolute atomic E-state index is 0.117. The molecular weight excluding hydrogens is 257 g/mol. The van der Waals surface area contributed by atoms with Gasteiger partial charge in [-0.2, -0.15) is 0 Å². The van der Waals surface area contributed by atoms with Crippen LogP contribution in [0.4, 0.5) is 4.39 Å². The molecule has 0 saturated carbocycles. The van der Waals surface area contributed by atoms with Gasteiger partial charge in [-0.3, -0.25) is 0 Å². The summed E-state index contributed by atoms with van der Waals surface area (Å²) in [4.78, 5) is 1.18. The smallest absolute Gasteiger partial charge is 0.123 e. The van der Waals surface area contributed by atoms with Crippen LogP contribution in [-0.2, 0) is 6.54 Å². The molecule has 1 heterocycles. The Hall–Kier alpha value is -0.900. The normalized spacial score (nSPS) is 12.6. The maximum atomic E-state index is 13.1. The van der Waals surface area contributed by atoms with Crippen molar-refractivity contribution in [2.45, 2.75) is 19.5 Å². The summed E-state index contributed by atoms with van der Waals surface area (Å²) in [6.07, 6.45) is 0. The molecule has 0 spiro atoms. The Morgan fingerprint density at radius 2 is 2.24 bits per heavy atom. The third-order valence-electron chi connectivity index (χ3n) is 2.55.